The van der Waals surface area contributed by atoms with Crippen LogP contribution in [0.1, 0.15) is 24.4 Å². The van der Waals surface area contributed by atoms with Gasteiger partial charge in [-0.15, -0.1) is 0 Å². The molecule has 16 heavy (non-hydrogen) atoms. The van der Waals surface area contributed by atoms with Crippen LogP contribution >= 0.6 is 15.9 Å². The van der Waals surface area contributed by atoms with Gasteiger partial charge in [0.15, 0.2) is 0 Å². The average Bonchev–Trinajstić information content (AvgIpc) is 2.33. The second-order valence-electron chi connectivity index (χ2n) is 4.29. The molecule has 4 N–H and O–H groups in total. The molecule has 1 aromatic carbocycles. The summed E-state index contributed by atoms with van der Waals surface area (Å²) in [4.78, 5) is 0. The van der Waals surface area contributed by atoms with Crippen molar-refractivity contribution < 1.29 is 5.11 Å². The lowest BCUT2D eigenvalue weighted by Crippen LogP contribution is -2.33. The Labute approximate surface area is 104 Å². The maximum Gasteiger partial charge on any atom is 0.134 e. The molecule has 0 radical (unpaired) electrons. The van der Waals surface area contributed by atoms with Crippen LogP contribution in [0.2, 0.25) is 0 Å². The van der Waals surface area contributed by atoms with Crippen molar-refractivity contribution in [1.82, 2.24) is 5.32 Å². The molecule has 2 rings (SSSR count). The predicted octanol–water partition coefficient (Wildman–Crippen LogP) is 2.15. The van der Waals surface area contributed by atoms with E-state index in [1.165, 1.54) is 0 Å². The molecule has 4 heteroatoms. The standard InChI is InChI=1S/C12H17BrN2O/c13-10-3-1-2-9(12(10)16)11(14)8-4-6-15-7-5-8/h1-3,8,11,15-16H,4-7,14H2/t11-/m1/s1. The van der Waals surface area contributed by atoms with Gasteiger partial charge in [-0.05, 0) is 53.8 Å². The molecule has 0 bridgehead atoms. The molecule has 0 saturated carbocycles. The predicted molar refractivity (Wildman–Crippen MR) is 68.3 cm³/mol. The fraction of sp³-hybridized carbons (Fsp3) is 0.500. The molecule has 3 nitrogen and oxygen atoms in total. The van der Waals surface area contributed by atoms with E-state index in [4.69, 9.17) is 5.73 Å². The highest BCUT2D eigenvalue weighted by Crippen LogP contribution is 2.35. The number of benzene rings is 1. The number of para-hydroxylation sites is 1. The number of piperidine rings is 1. The lowest BCUT2D eigenvalue weighted by Gasteiger charge is -2.28. The van der Waals surface area contributed by atoms with Gasteiger partial charge < -0.3 is 16.2 Å². The quantitative estimate of drug-likeness (QED) is 0.780. The molecular weight excluding hydrogens is 268 g/mol. The Kier molecular flexibility index (Phi) is 3.84. The van der Waals surface area contributed by atoms with Crippen LogP contribution in [0.5, 0.6) is 5.75 Å². The third-order valence-electron chi connectivity index (χ3n) is 3.27. The van der Waals surface area contributed by atoms with Gasteiger partial charge in [-0.25, -0.2) is 0 Å². The van der Waals surface area contributed by atoms with Crippen LogP contribution in [0, 0.1) is 5.92 Å². The third kappa shape index (κ3) is 2.39. The van der Waals surface area contributed by atoms with Crippen LogP contribution in [0.25, 0.3) is 0 Å². The molecule has 88 valence electrons. The Morgan fingerprint density at radius 1 is 1.38 bits per heavy atom. The Bertz CT molecular complexity index is 364. The lowest BCUT2D eigenvalue weighted by molar-refractivity contribution is 0.316. The average molecular weight is 285 g/mol. The molecule has 1 aromatic rings. The van der Waals surface area contributed by atoms with Crippen LogP contribution in [-0.2, 0) is 0 Å². The summed E-state index contributed by atoms with van der Waals surface area (Å²) in [7, 11) is 0. The number of phenols is 1. The molecule has 0 aromatic heterocycles. The summed E-state index contributed by atoms with van der Waals surface area (Å²) in [6, 6.07) is 5.58. The Hall–Kier alpha value is -0.580. The number of hydrogen-bond acceptors (Lipinski definition) is 3. The van der Waals surface area contributed by atoms with E-state index in [2.05, 4.69) is 21.2 Å². The second kappa shape index (κ2) is 5.17. The van der Waals surface area contributed by atoms with Gasteiger partial charge >= 0.3 is 0 Å². The van der Waals surface area contributed by atoms with E-state index in [0.717, 1.165) is 36.0 Å². The van der Waals surface area contributed by atoms with E-state index < -0.39 is 0 Å². The van der Waals surface area contributed by atoms with Gasteiger partial charge in [0.2, 0.25) is 0 Å². The number of nitrogens with one attached hydrogen (secondary N) is 1. The molecule has 0 amide bonds. The van der Waals surface area contributed by atoms with Gasteiger partial charge in [-0.3, -0.25) is 0 Å². The Morgan fingerprint density at radius 3 is 2.75 bits per heavy atom. The van der Waals surface area contributed by atoms with E-state index in [1.54, 1.807) is 0 Å². The zero-order chi connectivity index (χ0) is 11.5. The summed E-state index contributed by atoms with van der Waals surface area (Å²) in [6.45, 7) is 2.04. The molecule has 1 saturated heterocycles. The van der Waals surface area contributed by atoms with Crippen LogP contribution in [0.3, 0.4) is 0 Å². The third-order valence-corrected chi connectivity index (χ3v) is 3.91. The smallest absolute Gasteiger partial charge is 0.134 e. The largest absolute Gasteiger partial charge is 0.506 e. The Balaban J connectivity index is 2.19. The normalized spacial score (nSPS) is 19.6. The highest BCUT2D eigenvalue weighted by atomic mass is 79.9. The summed E-state index contributed by atoms with van der Waals surface area (Å²) in [5, 5.41) is 13.3. The maximum absolute atomic E-state index is 9.96. The van der Waals surface area contributed by atoms with Crippen molar-refractivity contribution in [1.29, 1.82) is 0 Å². The highest BCUT2D eigenvalue weighted by molar-refractivity contribution is 9.10. The van der Waals surface area contributed by atoms with Gasteiger partial charge in [0.1, 0.15) is 5.75 Å². The van der Waals surface area contributed by atoms with Crippen molar-refractivity contribution in [2.45, 2.75) is 18.9 Å². The SMILES string of the molecule is N[C@@H](c1cccc(Br)c1O)C1CCNCC1. The summed E-state index contributed by atoms with van der Waals surface area (Å²) < 4.78 is 0.717. The number of phenolic OH excluding ortho intramolecular Hbond substituents is 1. The zero-order valence-corrected chi connectivity index (χ0v) is 10.7. The zero-order valence-electron chi connectivity index (χ0n) is 9.12. The van der Waals surface area contributed by atoms with E-state index >= 15 is 0 Å². The fourth-order valence-electron chi connectivity index (χ4n) is 2.26. The minimum Gasteiger partial charge on any atom is -0.506 e. The van der Waals surface area contributed by atoms with Crippen LogP contribution in [0.15, 0.2) is 22.7 Å². The van der Waals surface area contributed by atoms with Gasteiger partial charge in [0, 0.05) is 11.6 Å². The number of aromatic hydroxyl groups is 1. The van der Waals surface area contributed by atoms with E-state index in [0.29, 0.717) is 5.92 Å². The summed E-state index contributed by atoms with van der Waals surface area (Å²) >= 11 is 3.32. The number of halogens is 1. The molecule has 1 heterocycles. The van der Waals surface area contributed by atoms with Crippen molar-refractivity contribution in [2.75, 3.05) is 13.1 Å². The van der Waals surface area contributed by atoms with Gasteiger partial charge in [-0.2, -0.15) is 0 Å². The second-order valence-corrected chi connectivity index (χ2v) is 5.15. The fourth-order valence-corrected chi connectivity index (χ4v) is 2.64. The molecular formula is C12H17BrN2O. The van der Waals surface area contributed by atoms with Crippen molar-refractivity contribution in [3.8, 4) is 5.75 Å². The van der Waals surface area contributed by atoms with Crippen LogP contribution in [-0.4, -0.2) is 18.2 Å². The minimum absolute atomic E-state index is 0.0698. The van der Waals surface area contributed by atoms with E-state index in [9.17, 15) is 5.11 Å². The number of rotatable bonds is 2. The molecule has 1 aliphatic heterocycles. The van der Waals surface area contributed by atoms with Crippen LogP contribution in [0.4, 0.5) is 0 Å². The number of nitrogens with two attached hydrogens (primary N) is 1. The van der Waals surface area contributed by atoms with Crippen molar-refractivity contribution >= 4 is 15.9 Å². The first-order valence-electron chi connectivity index (χ1n) is 5.64. The van der Waals surface area contributed by atoms with Crippen molar-refractivity contribution in [2.24, 2.45) is 11.7 Å². The molecule has 1 aliphatic rings. The molecule has 1 fully saturated rings. The maximum atomic E-state index is 9.96. The minimum atomic E-state index is -0.0698. The topological polar surface area (TPSA) is 58.3 Å². The lowest BCUT2D eigenvalue weighted by atomic mass is 9.86. The van der Waals surface area contributed by atoms with E-state index in [1.807, 2.05) is 18.2 Å². The summed E-state index contributed by atoms with van der Waals surface area (Å²) in [5.74, 6) is 0.745. The number of hydrogen-bond donors (Lipinski definition) is 3. The molecule has 0 spiro atoms. The Morgan fingerprint density at radius 2 is 2.06 bits per heavy atom. The van der Waals surface area contributed by atoms with Crippen LogP contribution < -0.4 is 11.1 Å². The molecule has 0 unspecified atom stereocenters. The summed E-state index contributed by atoms with van der Waals surface area (Å²) in [5.41, 5.74) is 7.08. The first-order valence-corrected chi connectivity index (χ1v) is 6.43. The summed E-state index contributed by atoms with van der Waals surface area (Å²) in [6.07, 6.45) is 2.15. The molecule has 1 atom stereocenters. The van der Waals surface area contributed by atoms with E-state index in [-0.39, 0.29) is 11.8 Å². The highest BCUT2D eigenvalue weighted by Gasteiger charge is 2.24. The van der Waals surface area contributed by atoms with Crippen molar-refractivity contribution in [3.05, 3.63) is 28.2 Å². The first-order chi connectivity index (χ1) is 7.70. The van der Waals surface area contributed by atoms with Gasteiger partial charge in [0.25, 0.3) is 0 Å². The monoisotopic (exact) mass is 284 g/mol. The molecule has 0 aliphatic carbocycles. The van der Waals surface area contributed by atoms with Gasteiger partial charge in [-0.1, -0.05) is 12.1 Å². The van der Waals surface area contributed by atoms with Gasteiger partial charge in [0.05, 0.1) is 4.47 Å². The van der Waals surface area contributed by atoms with Crippen molar-refractivity contribution in [3.63, 3.8) is 0 Å². The first kappa shape index (κ1) is 11.9.